The third-order valence-corrected chi connectivity index (χ3v) is 5.07. The van der Waals surface area contributed by atoms with Crippen molar-refractivity contribution < 1.29 is 9.53 Å². The predicted octanol–water partition coefficient (Wildman–Crippen LogP) is 4.85. The predicted molar refractivity (Wildman–Crippen MR) is 120 cm³/mol. The van der Waals surface area contributed by atoms with Crippen LogP contribution in [0.15, 0.2) is 83.7 Å². The smallest absolute Gasteiger partial charge is 0.358 e. The molecule has 0 fully saturated rings. The van der Waals surface area contributed by atoms with Gasteiger partial charge in [0.05, 0.1) is 0 Å². The summed E-state index contributed by atoms with van der Waals surface area (Å²) in [6.07, 6.45) is 0. The minimum Gasteiger partial charge on any atom is -0.456 e. The van der Waals surface area contributed by atoms with Gasteiger partial charge in [0, 0.05) is 23.0 Å². The maximum atomic E-state index is 13.2. The van der Waals surface area contributed by atoms with Crippen molar-refractivity contribution in [2.45, 2.75) is 6.61 Å². The van der Waals surface area contributed by atoms with Gasteiger partial charge in [-0.15, -0.1) is 0 Å². The van der Waals surface area contributed by atoms with Crippen LogP contribution in [0, 0.1) is 0 Å². The summed E-state index contributed by atoms with van der Waals surface area (Å²) in [5.74, 6) is -0.606. The molecule has 4 rings (SSSR count). The lowest BCUT2D eigenvalue weighted by Gasteiger charge is -2.19. The number of nitrogens with one attached hydrogen (secondary N) is 1. The Morgan fingerprint density at radius 3 is 2.30 bits per heavy atom. The minimum absolute atomic E-state index is 0.0966. The summed E-state index contributed by atoms with van der Waals surface area (Å²) in [5, 5.41) is 1.52. The fraction of sp³-hybridized carbons (Fsp3) is 0.0833. The molecule has 0 aliphatic carbocycles. The van der Waals surface area contributed by atoms with E-state index in [1.54, 1.807) is 25.2 Å². The second kappa shape index (κ2) is 8.43. The second-order valence-corrected chi connectivity index (χ2v) is 7.14. The Balaban J connectivity index is 1.94. The molecular weight excluding hydrogens is 400 g/mol. The average Bonchev–Trinajstić information content (AvgIpc) is 2.78. The highest BCUT2D eigenvalue weighted by molar-refractivity contribution is 6.31. The molecule has 0 bridgehead atoms. The van der Waals surface area contributed by atoms with Gasteiger partial charge in [0.25, 0.3) is 5.56 Å². The van der Waals surface area contributed by atoms with Crippen LogP contribution in [0.25, 0.3) is 21.9 Å². The Labute approximate surface area is 178 Å². The molecular formula is C24H19ClN2O3. The number of rotatable bonds is 5. The number of hydrogen-bond acceptors (Lipinski definition) is 4. The summed E-state index contributed by atoms with van der Waals surface area (Å²) in [5.41, 5.74) is 4.82. The molecule has 0 aliphatic rings. The SMILES string of the molecule is CNn1c(C(=O)OCc2ccccc2)c(-c2ccccc2)c2cc(Cl)ccc2c1=O. The first-order chi connectivity index (χ1) is 14.6. The Bertz CT molecular complexity index is 1270. The first-order valence-corrected chi connectivity index (χ1v) is 9.80. The monoisotopic (exact) mass is 418 g/mol. The van der Waals surface area contributed by atoms with E-state index in [2.05, 4.69) is 5.43 Å². The van der Waals surface area contributed by atoms with E-state index in [0.717, 1.165) is 11.1 Å². The van der Waals surface area contributed by atoms with E-state index in [0.29, 0.717) is 21.4 Å². The molecule has 3 aromatic carbocycles. The maximum Gasteiger partial charge on any atom is 0.358 e. The van der Waals surface area contributed by atoms with Crippen molar-refractivity contribution in [1.82, 2.24) is 4.68 Å². The number of halogens is 1. The van der Waals surface area contributed by atoms with Crippen molar-refractivity contribution in [3.05, 3.63) is 105 Å². The lowest BCUT2D eigenvalue weighted by molar-refractivity contribution is 0.0461. The topological polar surface area (TPSA) is 60.3 Å². The molecule has 30 heavy (non-hydrogen) atoms. The van der Waals surface area contributed by atoms with Crippen LogP contribution in [0.3, 0.4) is 0 Å². The van der Waals surface area contributed by atoms with E-state index in [-0.39, 0.29) is 17.9 Å². The van der Waals surface area contributed by atoms with Crippen LogP contribution in [0.2, 0.25) is 5.02 Å². The van der Waals surface area contributed by atoms with Gasteiger partial charge in [-0.3, -0.25) is 4.79 Å². The van der Waals surface area contributed by atoms with Crippen LogP contribution < -0.4 is 11.0 Å². The molecule has 0 saturated carbocycles. The van der Waals surface area contributed by atoms with Crippen LogP contribution in [0.1, 0.15) is 16.1 Å². The third-order valence-electron chi connectivity index (χ3n) is 4.84. The minimum atomic E-state index is -0.606. The highest BCUT2D eigenvalue weighted by atomic mass is 35.5. The van der Waals surface area contributed by atoms with Gasteiger partial charge in [0.15, 0.2) is 5.69 Å². The summed E-state index contributed by atoms with van der Waals surface area (Å²) in [4.78, 5) is 26.3. The fourth-order valence-electron chi connectivity index (χ4n) is 3.47. The molecule has 5 nitrogen and oxygen atoms in total. The normalized spacial score (nSPS) is 10.7. The van der Waals surface area contributed by atoms with Crippen molar-refractivity contribution >= 4 is 28.3 Å². The van der Waals surface area contributed by atoms with Crippen LogP contribution in [0.5, 0.6) is 0 Å². The molecule has 1 N–H and O–H groups in total. The third kappa shape index (κ3) is 3.67. The molecule has 0 radical (unpaired) electrons. The van der Waals surface area contributed by atoms with E-state index >= 15 is 0 Å². The number of carbonyl (C=O) groups excluding carboxylic acids is 1. The summed E-state index contributed by atoms with van der Waals surface area (Å²) in [6, 6.07) is 23.8. The van der Waals surface area contributed by atoms with E-state index in [1.165, 1.54) is 4.68 Å². The quantitative estimate of drug-likeness (QED) is 0.470. The Morgan fingerprint density at radius 1 is 0.967 bits per heavy atom. The molecule has 0 amide bonds. The number of pyridine rings is 1. The maximum absolute atomic E-state index is 13.2. The molecule has 1 aromatic heterocycles. The summed E-state index contributed by atoms with van der Waals surface area (Å²) >= 11 is 6.24. The zero-order chi connectivity index (χ0) is 21.1. The van der Waals surface area contributed by atoms with Crippen molar-refractivity contribution in [3.63, 3.8) is 0 Å². The van der Waals surface area contributed by atoms with Crippen LogP contribution in [-0.2, 0) is 11.3 Å². The van der Waals surface area contributed by atoms with Crippen molar-refractivity contribution in [2.75, 3.05) is 12.5 Å². The first kappa shape index (κ1) is 19.7. The fourth-order valence-corrected chi connectivity index (χ4v) is 3.64. The van der Waals surface area contributed by atoms with Crippen LogP contribution >= 0.6 is 11.6 Å². The molecule has 0 saturated heterocycles. The summed E-state index contributed by atoms with van der Waals surface area (Å²) in [6.45, 7) is 0.0966. The molecule has 150 valence electrons. The molecule has 0 atom stereocenters. The first-order valence-electron chi connectivity index (χ1n) is 9.42. The highest BCUT2D eigenvalue weighted by Crippen LogP contribution is 2.32. The number of ether oxygens (including phenoxy) is 1. The molecule has 0 aliphatic heterocycles. The van der Waals surface area contributed by atoms with E-state index < -0.39 is 5.97 Å². The molecule has 1 heterocycles. The molecule has 0 unspecified atom stereocenters. The van der Waals surface area contributed by atoms with Gasteiger partial charge in [-0.2, -0.15) is 0 Å². The van der Waals surface area contributed by atoms with E-state index in [9.17, 15) is 9.59 Å². The zero-order valence-electron chi connectivity index (χ0n) is 16.3. The summed E-state index contributed by atoms with van der Waals surface area (Å²) in [7, 11) is 1.59. The van der Waals surface area contributed by atoms with Crippen LogP contribution in [-0.4, -0.2) is 17.7 Å². The van der Waals surface area contributed by atoms with Gasteiger partial charge < -0.3 is 10.2 Å². The Morgan fingerprint density at radius 2 is 1.63 bits per heavy atom. The number of esters is 1. The lowest BCUT2D eigenvalue weighted by Crippen LogP contribution is -2.33. The second-order valence-electron chi connectivity index (χ2n) is 6.71. The van der Waals surface area contributed by atoms with Gasteiger partial charge in [-0.05, 0) is 34.7 Å². The molecule has 4 aromatic rings. The van der Waals surface area contributed by atoms with Crippen molar-refractivity contribution in [2.24, 2.45) is 0 Å². The number of nitrogens with zero attached hydrogens (tertiary/aromatic N) is 1. The van der Waals surface area contributed by atoms with Gasteiger partial charge >= 0.3 is 5.97 Å². The van der Waals surface area contributed by atoms with Crippen molar-refractivity contribution in [1.29, 1.82) is 0 Å². The molecule has 0 spiro atoms. The molecule has 6 heteroatoms. The standard InChI is InChI=1S/C24H19ClN2O3/c1-26-27-22(24(29)30-15-16-8-4-2-5-9-16)21(17-10-6-3-7-11-17)20-14-18(25)12-13-19(20)23(27)28/h2-14,26H,15H2,1H3. The number of hydrogen-bond donors (Lipinski definition) is 1. The van der Waals surface area contributed by atoms with E-state index in [4.69, 9.17) is 16.3 Å². The van der Waals surface area contributed by atoms with Gasteiger partial charge in [-0.25, -0.2) is 9.47 Å². The largest absolute Gasteiger partial charge is 0.456 e. The zero-order valence-corrected chi connectivity index (χ0v) is 17.0. The number of fused-ring (bicyclic) bond motifs is 1. The van der Waals surface area contributed by atoms with Crippen LogP contribution in [0.4, 0.5) is 0 Å². The van der Waals surface area contributed by atoms with Gasteiger partial charge in [0.1, 0.15) is 6.61 Å². The van der Waals surface area contributed by atoms with Crippen molar-refractivity contribution in [3.8, 4) is 11.1 Å². The lowest BCUT2D eigenvalue weighted by atomic mass is 9.97. The Hall–Kier alpha value is -3.57. The Kier molecular flexibility index (Phi) is 5.55. The number of carbonyl (C=O) groups is 1. The number of aromatic nitrogens is 1. The average molecular weight is 419 g/mol. The number of benzene rings is 3. The highest BCUT2D eigenvalue weighted by Gasteiger charge is 2.24. The van der Waals surface area contributed by atoms with Gasteiger partial charge in [0.2, 0.25) is 0 Å². The van der Waals surface area contributed by atoms with E-state index in [1.807, 2.05) is 60.7 Å². The van der Waals surface area contributed by atoms with Gasteiger partial charge in [-0.1, -0.05) is 72.3 Å². The summed E-state index contributed by atoms with van der Waals surface area (Å²) < 4.78 is 6.81.